The van der Waals surface area contributed by atoms with Crippen molar-refractivity contribution in [3.8, 4) is 0 Å². The molecule has 0 aliphatic carbocycles. The molecule has 0 N–H and O–H groups in total. The van der Waals surface area contributed by atoms with Crippen molar-refractivity contribution in [3.05, 3.63) is 0 Å². The number of ketones is 1. The minimum Gasteiger partial charge on any atom is -0.726 e. The Kier molecular flexibility index (Phi) is 22.4. The van der Waals surface area contributed by atoms with Crippen LogP contribution in [0.5, 0.6) is 0 Å². The molecule has 0 heterocycles. The number of hydrogen-bond donors (Lipinski definition) is 0. The van der Waals surface area contributed by atoms with Gasteiger partial charge in [0.1, 0.15) is 5.78 Å². The van der Waals surface area contributed by atoms with Crippen LogP contribution in [-0.4, -0.2) is 25.4 Å². The number of carbonyl (C=O) groups is 1. The first-order valence-electron chi connectivity index (χ1n) is 10.1. The summed E-state index contributed by atoms with van der Waals surface area (Å²) >= 11 is 0. The molecule has 5 nitrogen and oxygen atoms in total. The van der Waals surface area contributed by atoms with Crippen molar-refractivity contribution in [1.82, 2.24) is 0 Å². The Morgan fingerprint density at radius 1 is 0.731 bits per heavy atom. The van der Waals surface area contributed by atoms with Crippen LogP contribution in [0.2, 0.25) is 0 Å². The van der Waals surface area contributed by atoms with E-state index < -0.39 is 10.4 Å². The molecule has 0 aliphatic rings. The molecular weight excluding hydrogens is 363 g/mol. The molecule has 26 heavy (non-hydrogen) atoms. The Morgan fingerprint density at radius 3 is 1.54 bits per heavy atom. The van der Waals surface area contributed by atoms with E-state index in [1.165, 1.54) is 64.2 Å². The van der Waals surface area contributed by atoms with Gasteiger partial charge in [0.05, 0.1) is 6.61 Å². The van der Waals surface area contributed by atoms with Crippen molar-refractivity contribution in [2.45, 2.75) is 110 Å². The van der Waals surface area contributed by atoms with Gasteiger partial charge in [0.15, 0.2) is 0 Å². The average Bonchev–Trinajstić information content (AvgIpc) is 2.54. The van der Waals surface area contributed by atoms with Crippen LogP contribution in [0.25, 0.3) is 0 Å². The van der Waals surface area contributed by atoms with E-state index in [0.29, 0.717) is 25.7 Å². The molecule has 0 aromatic carbocycles. The van der Waals surface area contributed by atoms with Crippen molar-refractivity contribution in [2.75, 3.05) is 6.61 Å². The zero-order valence-corrected chi connectivity index (χ0v) is 19.8. The van der Waals surface area contributed by atoms with Crippen molar-refractivity contribution >= 4 is 16.2 Å². The maximum atomic E-state index is 11.7. The number of unbranched alkanes of at least 4 members (excludes halogenated alkanes) is 12. The zero-order chi connectivity index (χ0) is 18.8. The summed E-state index contributed by atoms with van der Waals surface area (Å²) in [7, 11) is -4.59. The number of hydrogen-bond acceptors (Lipinski definition) is 5. The van der Waals surface area contributed by atoms with E-state index in [9.17, 15) is 17.8 Å². The van der Waals surface area contributed by atoms with Crippen molar-refractivity contribution < 1.29 is 51.5 Å². The Hall–Kier alpha value is 0.540. The van der Waals surface area contributed by atoms with Crippen LogP contribution in [0.4, 0.5) is 0 Å². The number of rotatable bonds is 19. The Morgan fingerprint density at radius 2 is 1.12 bits per heavy atom. The van der Waals surface area contributed by atoms with E-state index >= 15 is 0 Å². The van der Waals surface area contributed by atoms with Gasteiger partial charge in [-0.1, -0.05) is 77.6 Å². The molecule has 0 saturated carbocycles. The first kappa shape index (κ1) is 28.7. The molecule has 0 saturated heterocycles. The fourth-order valence-electron chi connectivity index (χ4n) is 2.87. The summed E-state index contributed by atoms with van der Waals surface area (Å²) in [6, 6.07) is 0. The molecule has 0 fully saturated rings. The SMILES string of the molecule is CCCCCCCCCCCCCCC(=O)CCCCOS(=O)(=O)[O-].[Na+]. The van der Waals surface area contributed by atoms with E-state index in [1.807, 2.05) is 0 Å². The Balaban J connectivity index is 0. The third-order valence-electron chi connectivity index (χ3n) is 4.39. The van der Waals surface area contributed by atoms with Gasteiger partial charge in [-0.05, 0) is 19.3 Å². The van der Waals surface area contributed by atoms with Gasteiger partial charge in [-0.2, -0.15) is 0 Å². The molecule has 0 radical (unpaired) electrons. The van der Waals surface area contributed by atoms with Crippen LogP contribution < -0.4 is 29.6 Å². The summed E-state index contributed by atoms with van der Waals surface area (Å²) in [4.78, 5) is 11.7. The van der Waals surface area contributed by atoms with Crippen molar-refractivity contribution in [2.24, 2.45) is 0 Å². The first-order chi connectivity index (χ1) is 12.0. The molecule has 150 valence electrons. The Bertz CT molecular complexity index is 412. The van der Waals surface area contributed by atoms with Crippen LogP contribution in [0.3, 0.4) is 0 Å². The van der Waals surface area contributed by atoms with E-state index in [-0.39, 0.29) is 41.9 Å². The average molecular weight is 401 g/mol. The number of carbonyl (C=O) groups excluding carboxylic acids is 1. The van der Waals surface area contributed by atoms with Crippen LogP contribution in [0.1, 0.15) is 110 Å². The van der Waals surface area contributed by atoms with Gasteiger partial charge < -0.3 is 4.55 Å². The van der Waals surface area contributed by atoms with Gasteiger partial charge in [-0.25, -0.2) is 8.42 Å². The van der Waals surface area contributed by atoms with E-state index in [0.717, 1.165) is 12.8 Å². The summed E-state index contributed by atoms with van der Waals surface area (Å²) in [5, 5.41) is 0. The molecule has 0 atom stereocenters. The molecule has 0 aromatic rings. The van der Waals surface area contributed by atoms with Gasteiger partial charge >= 0.3 is 29.6 Å². The molecule has 0 bridgehead atoms. The molecule has 0 spiro atoms. The zero-order valence-electron chi connectivity index (χ0n) is 17.0. The molecule has 0 aromatic heterocycles. The van der Waals surface area contributed by atoms with Gasteiger partial charge in [0.2, 0.25) is 10.4 Å². The topological polar surface area (TPSA) is 83.5 Å². The van der Waals surface area contributed by atoms with Gasteiger partial charge in [0.25, 0.3) is 0 Å². The minimum atomic E-state index is -4.59. The third kappa shape index (κ3) is 24.5. The maximum absolute atomic E-state index is 11.7. The normalized spacial score (nSPS) is 11.3. The van der Waals surface area contributed by atoms with Gasteiger partial charge in [-0.15, -0.1) is 0 Å². The van der Waals surface area contributed by atoms with Crippen molar-refractivity contribution in [1.29, 1.82) is 0 Å². The fraction of sp³-hybridized carbons (Fsp3) is 0.947. The summed E-state index contributed by atoms with van der Waals surface area (Å²) in [5.41, 5.74) is 0. The monoisotopic (exact) mass is 400 g/mol. The quantitative estimate of drug-likeness (QED) is 0.144. The van der Waals surface area contributed by atoms with E-state index in [1.54, 1.807) is 0 Å². The van der Waals surface area contributed by atoms with Crippen LogP contribution in [-0.2, 0) is 19.4 Å². The predicted molar refractivity (Wildman–Crippen MR) is 100 cm³/mol. The molecule has 0 rings (SSSR count). The van der Waals surface area contributed by atoms with Crippen LogP contribution in [0.15, 0.2) is 0 Å². The van der Waals surface area contributed by atoms with E-state index in [2.05, 4.69) is 11.1 Å². The minimum absolute atomic E-state index is 0. The van der Waals surface area contributed by atoms with Crippen LogP contribution in [0, 0.1) is 0 Å². The van der Waals surface area contributed by atoms with Crippen molar-refractivity contribution in [3.63, 3.8) is 0 Å². The molecule has 0 aliphatic heterocycles. The standard InChI is InChI=1S/C19H38O5S.Na/c1-2-3-4-5-6-7-8-9-10-11-12-13-16-19(20)17-14-15-18-24-25(21,22)23;/h2-18H2,1H3,(H,21,22,23);/q;+1/p-1. The molecule has 0 amide bonds. The second kappa shape index (κ2) is 20.3. The van der Waals surface area contributed by atoms with Crippen LogP contribution >= 0.6 is 0 Å². The fourth-order valence-corrected chi connectivity index (χ4v) is 3.20. The van der Waals surface area contributed by atoms with E-state index in [4.69, 9.17) is 0 Å². The summed E-state index contributed by atoms with van der Waals surface area (Å²) in [6.07, 6.45) is 17.4. The molecular formula is C19H37NaO5S. The maximum Gasteiger partial charge on any atom is 1.00 e. The third-order valence-corrected chi connectivity index (χ3v) is 4.84. The summed E-state index contributed by atoms with van der Waals surface area (Å²) in [6.45, 7) is 2.12. The second-order valence-electron chi connectivity index (χ2n) is 6.87. The second-order valence-corrected chi connectivity index (χ2v) is 7.92. The van der Waals surface area contributed by atoms with Gasteiger partial charge in [0, 0.05) is 12.8 Å². The Labute approximate surface area is 183 Å². The summed E-state index contributed by atoms with van der Waals surface area (Å²) in [5.74, 6) is 0.219. The first-order valence-corrected chi connectivity index (χ1v) is 11.4. The number of Topliss-reactive ketones (excluding diaryl/α,β-unsaturated/α-hetero) is 1. The molecule has 7 heteroatoms. The van der Waals surface area contributed by atoms with Gasteiger partial charge in [-0.3, -0.25) is 8.98 Å². The summed E-state index contributed by atoms with van der Waals surface area (Å²) < 4.78 is 34.8. The molecule has 0 unspecified atom stereocenters. The smallest absolute Gasteiger partial charge is 0.726 e. The largest absolute Gasteiger partial charge is 1.00 e. The predicted octanol–water partition coefficient (Wildman–Crippen LogP) is 2.30.